The first-order chi connectivity index (χ1) is 15.1. The summed E-state index contributed by atoms with van der Waals surface area (Å²) in [5.41, 5.74) is 2.03. The minimum Gasteiger partial charge on any atom is -0.493 e. The Morgan fingerprint density at radius 3 is 2.39 bits per heavy atom. The van der Waals surface area contributed by atoms with Gasteiger partial charge in [-0.1, -0.05) is 18.2 Å². The van der Waals surface area contributed by atoms with Gasteiger partial charge in [0.15, 0.2) is 17.5 Å². The van der Waals surface area contributed by atoms with Crippen molar-refractivity contribution < 1.29 is 18.6 Å². The molecule has 0 radical (unpaired) electrons. The fraction of sp³-hybridized carbons (Fsp3) is 0.458. The lowest BCUT2D eigenvalue weighted by molar-refractivity contribution is 0.0513. The van der Waals surface area contributed by atoms with Gasteiger partial charge >= 0.3 is 0 Å². The number of benzene rings is 2. The molecule has 1 fully saturated rings. The summed E-state index contributed by atoms with van der Waals surface area (Å²) < 4.78 is 29.8. The van der Waals surface area contributed by atoms with E-state index in [0.29, 0.717) is 37.8 Å². The number of methoxy groups -OCH3 is 2. The normalized spacial score (nSPS) is 15.9. The van der Waals surface area contributed by atoms with Crippen LogP contribution in [0.3, 0.4) is 0 Å². The number of ether oxygens (including phenoxy) is 3. The van der Waals surface area contributed by atoms with Crippen molar-refractivity contribution >= 4 is 5.96 Å². The highest BCUT2D eigenvalue weighted by atomic mass is 19.1. The van der Waals surface area contributed by atoms with Crippen molar-refractivity contribution in [1.82, 2.24) is 10.6 Å². The van der Waals surface area contributed by atoms with Gasteiger partial charge in [-0.15, -0.1) is 0 Å². The molecule has 1 saturated heterocycles. The summed E-state index contributed by atoms with van der Waals surface area (Å²) in [5, 5.41) is 6.81. The molecule has 0 bridgehead atoms. The van der Waals surface area contributed by atoms with E-state index in [2.05, 4.69) is 10.6 Å². The van der Waals surface area contributed by atoms with Gasteiger partial charge in [-0.2, -0.15) is 0 Å². The van der Waals surface area contributed by atoms with E-state index >= 15 is 0 Å². The Hall–Kier alpha value is -2.80. The minimum absolute atomic E-state index is 0.120. The third-order valence-electron chi connectivity index (χ3n) is 5.71. The van der Waals surface area contributed by atoms with Crippen molar-refractivity contribution in [3.8, 4) is 11.5 Å². The van der Waals surface area contributed by atoms with Gasteiger partial charge in [0, 0.05) is 31.7 Å². The van der Waals surface area contributed by atoms with Crippen LogP contribution in [-0.4, -0.2) is 46.5 Å². The second-order valence-corrected chi connectivity index (χ2v) is 7.64. The standard InChI is InChI=1S/C24H32FN3O3/c1-4-26-23(27-16-18-5-10-21(29-2)22(15-18)30-3)28-17-24(11-13-31-14-12-24)19-6-8-20(25)9-7-19/h5-10,15H,4,11-14,16-17H2,1-3H3,(H2,26,27,28). The molecule has 1 aliphatic heterocycles. The predicted octanol–water partition coefficient (Wildman–Crippen LogP) is 3.65. The Kier molecular flexibility index (Phi) is 8.12. The molecular weight excluding hydrogens is 397 g/mol. The predicted molar refractivity (Wildman–Crippen MR) is 120 cm³/mol. The van der Waals surface area contributed by atoms with Crippen molar-refractivity contribution in [3.05, 3.63) is 59.4 Å². The number of aliphatic imine (C=N–C) groups is 1. The van der Waals surface area contributed by atoms with Gasteiger partial charge < -0.3 is 24.8 Å². The van der Waals surface area contributed by atoms with Crippen molar-refractivity contribution in [1.29, 1.82) is 0 Å². The lowest BCUT2D eigenvalue weighted by Gasteiger charge is -2.38. The first kappa shape index (κ1) is 22.9. The number of hydrogen-bond acceptors (Lipinski definition) is 4. The Labute approximate surface area is 183 Å². The second-order valence-electron chi connectivity index (χ2n) is 7.64. The molecule has 1 heterocycles. The highest BCUT2D eigenvalue weighted by Crippen LogP contribution is 2.34. The fourth-order valence-corrected chi connectivity index (χ4v) is 3.88. The van der Waals surface area contributed by atoms with Gasteiger partial charge in [-0.25, -0.2) is 9.38 Å². The van der Waals surface area contributed by atoms with E-state index in [1.807, 2.05) is 37.3 Å². The maximum absolute atomic E-state index is 13.5. The van der Waals surface area contributed by atoms with Crippen LogP contribution in [0.1, 0.15) is 30.9 Å². The van der Waals surface area contributed by atoms with E-state index in [9.17, 15) is 4.39 Å². The van der Waals surface area contributed by atoms with Crippen LogP contribution in [0.4, 0.5) is 4.39 Å². The molecule has 2 N–H and O–H groups in total. The molecule has 7 heteroatoms. The van der Waals surface area contributed by atoms with Gasteiger partial charge in [0.25, 0.3) is 0 Å². The largest absolute Gasteiger partial charge is 0.493 e. The number of nitrogens with one attached hydrogen (secondary N) is 2. The topological polar surface area (TPSA) is 64.1 Å². The maximum Gasteiger partial charge on any atom is 0.191 e. The third kappa shape index (κ3) is 5.88. The molecule has 0 saturated carbocycles. The quantitative estimate of drug-likeness (QED) is 0.495. The molecule has 31 heavy (non-hydrogen) atoms. The average Bonchev–Trinajstić information content (AvgIpc) is 2.81. The molecule has 2 aromatic carbocycles. The third-order valence-corrected chi connectivity index (χ3v) is 5.71. The smallest absolute Gasteiger partial charge is 0.191 e. The summed E-state index contributed by atoms with van der Waals surface area (Å²) >= 11 is 0. The number of rotatable bonds is 8. The number of hydrogen-bond donors (Lipinski definition) is 2. The number of nitrogens with zero attached hydrogens (tertiary/aromatic N) is 1. The van der Waals surface area contributed by atoms with Gasteiger partial charge in [0.05, 0.1) is 20.8 Å². The van der Waals surface area contributed by atoms with Crippen LogP contribution >= 0.6 is 0 Å². The Morgan fingerprint density at radius 1 is 1.03 bits per heavy atom. The van der Waals surface area contributed by atoms with Crippen molar-refractivity contribution in [2.75, 3.05) is 40.5 Å². The molecule has 1 aliphatic rings. The Balaban J connectivity index is 1.74. The van der Waals surface area contributed by atoms with E-state index in [0.717, 1.165) is 36.5 Å². The zero-order valence-corrected chi connectivity index (χ0v) is 18.5. The number of halogens is 1. The molecule has 6 nitrogen and oxygen atoms in total. The Morgan fingerprint density at radius 2 is 1.74 bits per heavy atom. The Bertz CT molecular complexity index is 865. The highest BCUT2D eigenvalue weighted by Gasteiger charge is 2.34. The zero-order valence-electron chi connectivity index (χ0n) is 18.5. The van der Waals surface area contributed by atoms with E-state index in [4.69, 9.17) is 19.2 Å². The molecule has 0 aliphatic carbocycles. The highest BCUT2D eigenvalue weighted by molar-refractivity contribution is 5.79. The minimum atomic E-state index is -0.219. The van der Waals surface area contributed by atoms with Crippen LogP contribution < -0.4 is 20.1 Å². The molecule has 0 spiro atoms. The summed E-state index contributed by atoms with van der Waals surface area (Å²) in [4.78, 5) is 4.74. The lowest BCUT2D eigenvalue weighted by atomic mass is 9.74. The lowest BCUT2D eigenvalue weighted by Crippen LogP contribution is -2.48. The molecule has 2 aromatic rings. The second kappa shape index (κ2) is 11.0. The van der Waals surface area contributed by atoms with Crippen molar-refractivity contribution in [2.24, 2.45) is 4.99 Å². The van der Waals surface area contributed by atoms with Crippen LogP contribution in [0.15, 0.2) is 47.5 Å². The van der Waals surface area contributed by atoms with Crippen LogP contribution in [0.2, 0.25) is 0 Å². The number of guanidine groups is 1. The van der Waals surface area contributed by atoms with Crippen molar-refractivity contribution in [3.63, 3.8) is 0 Å². The molecule has 168 valence electrons. The molecule has 3 rings (SSSR count). The van der Waals surface area contributed by atoms with Crippen LogP contribution in [0, 0.1) is 5.82 Å². The average molecular weight is 430 g/mol. The SMILES string of the molecule is CCNC(=NCc1ccc(OC)c(OC)c1)NCC1(c2ccc(F)cc2)CCOCC1. The van der Waals surface area contributed by atoms with Gasteiger partial charge in [-0.05, 0) is 55.2 Å². The molecule has 0 aromatic heterocycles. The zero-order chi connectivity index (χ0) is 22.1. The monoisotopic (exact) mass is 429 g/mol. The fourth-order valence-electron chi connectivity index (χ4n) is 3.88. The molecule has 0 amide bonds. The van der Waals surface area contributed by atoms with Gasteiger partial charge in [0.1, 0.15) is 5.82 Å². The van der Waals surface area contributed by atoms with Crippen molar-refractivity contribution in [2.45, 2.75) is 31.7 Å². The van der Waals surface area contributed by atoms with E-state index in [-0.39, 0.29) is 11.2 Å². The summed E-state index contributed by atoms with van der Waals surface area (Å²) in [5.74, 6) is 1.90. The van der Waals surface area contributed by atoms with E-state index < -0.39 is 0 Å². The molecule has 0 unspecified atom stereocenters. The van der Waals surface area contributed by atoms with Crippen LogP contribution in [-0.2, 0) is 16.7 Å². The van der Waals surface area contributed by atoms with Crippen LogP contribution in [0.25, 0.3) is 0 Å². The molecular formula is C24H32FN3O3. The summed E-state index contributed by atoms with van der Waals surface area (Å²) in [7, 11) is 3.25. The van der Waals surface area contributed by atoms with Crippen LogP contribution in [0.5, 0.6) is 11.5 Å². The van der Waals surface area contributed by atoms with Gasteiger partial charge in [-0.3, -0.25) is 0 Å². The van der Waals surface area contributed by atoms with E-state index in [1.165, 1.54) is 12.1 Å². The van der Waals surface area contributed by atoms with E-state index in [1.54, 1.807) is 14.2 Å². The molecule has 0 atom stereocenters. The summed E-state index contributed by atoms with van der Waals surface area (Å²) in [6.07, 6.45) is 1.75. The maximum atomic E-state index is 13.5. The first-order valence-corrected chi connectivity index (χ1v) is 10.7. The first-order valence-electron chi connectivity index (χ1n) is 10.7. The summed E-state index contributed by atoms with van der Waals surface area (Å²) in [6.45, 7) is 5.38. The summed E-state index contributed by atoms with van der Waals surface area (Å²) in [6, 6.07) is 12.6. The van der Waals surface area contributed by atoms with Gasteiger partial charge in [0.2, 0.25) is 0 Å².